The largest absolute Gasteiger partial charge is 0.296 e. The molecular weight excluding hydrogens is 298 g/mol. The van der Waals surface area contributed by atoms with E-state index in [0.29, 0.717) is 16.5 Å². The zero-order chi connectivity index (χ0) is 15.5. The smallest absolute Gasteiger partial charge is 0.279 e. The van der Waals surface area contributed by atoms with E-state index in [1.807, 2.05) is 31.2 Å². The number of nitrogens with one attached hydrogen (secondary N) is 1. The van der Waals surface area contributed by atoms with Crippen LogP contribution in [0.3, 0.4) is 0 Å². The van der Waals surface area contributed by atoms with Gasteiger partial charge in [-0.3, -0.25) is 10.1 Å². The summed E-state index contributed by atoms with van der Waals surface area (Å²) in [5.74, 6) is -0.302. The molecule has 0 aliphatic heterocycles. The lowest BCUT2D eigenvalue weighted by Gasteiger charge is -2.05. The maximum atomic E-state index is 12.2. The lowest BCUT2D eigenvalue weighted by atomic mass is 10.1. The van der Waals surface area contributed by atoms with E-state index in [9.17, 15) is 4.79 Å². The molecule has 2 heterocycles. The zero-order valence-corrected chi connectivity index (χ0v) is 13.1. The Labute approximate surface area is 131 Å². The molecule has 0 bridgehead atoms. The molecule has 0 unspecified atom stereocenters. The minimum atomic E-state index is -0.302. The number of aromatic nitrogens is 4. The van der Waals surface area contributed by atoms with Crippen molar-refractivity contribution in [2.24, 2.45) is 0 Å². The molecule has 1 N–H and O–H groups in total. The number of nitrogens with zero attached hydrogens (tertiary/aromatic N) is 4. The lowest BCUT2D eigenvalue weighted by Crippen LogP contribution is -2.14. The lowest BCUT2D eigenvalue weighted by molar-refractivity contribution is 0.102. The Bertz CT molecular complexity index is 777. The van der Waals surface area contributed by atoms with Crippen molar-refractivity contribution in [1.29, 1.82) is 0 Å². The fourth-order valence-electron chi connectivity index (χ4n) is 2.10. The normalized spacial score (nSPS) is 10.6. The molecule has 2 aromatic heterocycles. The van der Waals surface area contributed by atoms with Crippen LogP contribution in [0.1, 0.15) is 28.7 Å². The molecule has 0 spiro atoms. The zero-order valence-electron chi connectivity index (χ0n) is 12.3. The van der Waals surface area contributed by atoms with Crippen molar-refractivity contribution < 1.29 is 4.79 Å². The molecule has 3 rings (SSSR count). The second-order valence-electron chi connectivity index (χ2n) is 4.75. The molecule has 1 amide bonds. The summed E-state index contributed by atoms with van der Waals surface area (Å²) in [5.41, 5.74) is 3.13. The minimum Gasteiger partial charge on any atom is -0.296 e. The molecule has 112 valence electrons. The van der Waals surface area contributed by atoms with Crippen LogP contribution >= 0.6 is 11.3 Å². The van der Waals surface area contributed by atoms with Crippen LogP contribution < -0.4 is 5.32 Å². The standard InChI is InChI=1S/C15H15N5OS/c1-3-11-4-6-12(7-5-11)20-10(2)13(18-19-20)14(21)17-15-16-8-9-22-15/h4-9H,3H2,1-2H3,(H,16,17,21). The Morgan fingerprint density at radius 1 is 1.32 bits per heavy atom. The highest BCUT2D eigenvalue weighted by molar-refractivity contribution is 7.13. The second-order valence-corrected chi connectivity index (χ2v) is 5.64. The van der Waals surface area contributed by atoms with Gasteiger partial charge in [0.15, 0.2) is 10.8 Å². The average molecular weight is 313 g/mol. The van der Waals surface area contributed by atoms with Gasteiger partial charge in [-0.2, -0.15) is 0 Å². The topological polar surface area (TPSA) is 72.7 Å². The van der Waals surface area contributed by atoms with Gasteiger partial charge in [0.1, 0.15) is 0 Å². The predicted octanol–water partition coefficient (Wildman–Crippen LogP) is 2.85. The van der Waals surface area contributed by atoms with Gasteiger partial charge in [0, 0.05) is 11.6 Å². The molecule has 0 atom stereocenters. The summed E-state index contributed by atoms with van der Waals surface area (Å²) < 4.78 is 1.66. The summed E-state index contributed by atoms with van der Waals surface area (Å²) in [5, 5.41) is 13.1. The summed E-state index contributed by atoms with van der Waals surface area (Å²) >= 11 is 1.36. The molecule has 22 heavy (non-hydrogen) atoms. The van der Waals surface area contributed by atoms with Gasteiger partial charge in [0.05, 0.1) is 11.4 Å². The van der Waals surface area contributed by atoms with Gasteiger partial charge < -0.3 is 0 Å². The van der Waals surface area contributed by atoms with Crippen molar-refractivity contribution in [3.05, 3.63) is 52.8 Å². The fourth-order valence-corrected chi connectivity index (χ4v) is 2.62. The van der Waals surface area contributed by atoms with Crippen LogP contribution in [0.25, 0.3) is 5.69 Å². The highest BCUT2D eigenvalue weighted by Crippen LogP contribution is 2.16. The summed E-state index contributed by atoms with van der Waals surface area (Å²) in [6.07, 6.45) is 2.62. The van der Waals surface area contributed by atoms with Crippen molar-refractivity contribution in [3.63, 3.8) is 0 Å². The molecule has 0 aliphatic carbocycles. The molecule has 7 heteroatoms. The summed E-state index contributed by atoms with van der Waals surface area (Å²) in [6, 6.07) is 8.05. The number of anilines is 1. The van der Waals surface area contributed by atoms with E-state index in [2.05, 4.69) is 27.5 Å². The maximum absolute atomic E-state index is 12.2. The third-order valence-electron chi connectivity index (χ3n) is 3.35. The molecule has 0 radical (unpaired) electrons. The molecule has 0 aliphatic rings. The van der Waals surface area contributed by atoms with Crippen LogP contribution in [0.15, 0.2) is 35.8 Å². The maximum Gasteiger partial charge on any atom is 0.279 e. The SMILES string of the molecule is CCc1ccc(-n2nnc(C(=O)Nc3nccs3)c2C)cc1. The van der Waals surface area contributed by atoms with Crippen LogP contribution in [-0.4, -0.2) is 25.9 Å². The Morgan fingerprint density at radius 2 is 2.09 bits per heavy atom. The number of rotatable bonds is 4. The number of hydrogen-bond acceptors (Lipinski definition) is 5. The van der Waals surface area contributed by atoms with Crippen LogP contribution in [0.2, 0.25) is 0 Å². The monoisotopic (exact) mass is 313 g/mol. The Morgan fingerprint density at radius 3 is 2.73 bits per heavy atom. The van der Waals surface area contributed by atoms with Crippen molar-refractivity contribution in [2.45, 2.75) is 20.3 Å². The van der Waals surface area contributed by atoms with Crippen LogP contribution in [0, 0.1) is 6.92 Å². The molecule has 6 nitrogen and oxygen atoms in total. The van der Waals surface area contributed by atoms with Gasteiger partial charge in [-0.15, -0.1) is 16.4 Å². The third-order valence-corrected chi connectivity index (χ3v) is 4.04. The van der Waals surface area contributed by atoms with E-state index in [4.69, 9.17) is 0 Å². The summed E-state index contributed by atoms with van der Waals surface area (Å²) in [6.45, 7) is 3.93. The van der Waals surface area contributed by atoms with Crippen molar-refractivity contribution in [2.75, 3.05) is 5.32 Å². The molecular formula is C15H15N5OS. The van der Waals surface area contributed by atoms with Gasteiger partial charge >= 0.3 is 0 Å². The first-order chi connectivity index (χ1) is 10.7. The minimum absolute atomic E-state index is 0.301. The number of benzene rings is 1. The number of carbonyl (C=O) groups is 1. The molecule has 0 fully saturated rings. The number of aryl methyl sites for hydroxylation is 1. The summed E-state index contributed by atoms with van der Waals surface area (Å²) in [4.78, 5) is 16.2. The molecule has 3 aromatic rings. The highest BCUT2D eigenvalue weighted by atomic mass is 32.1. The molecule has 1 aromatic carbocycles. The number of carbonyl (C=O) groups excluding carboxylic acids is 1. The van der Waals surface area contributed by atoms with Gasteiger partial charge in [-0.1, -0.05) is 24.3 Å². The Balaban J connectivity index is 1.86. The van der Waals surface area contributed by atoms with Crippen LogP contribution in [0.4, 0.5) is 5.13 Å². The average Bonchev–Trinajstić information content (AvgIpc) is 3.17. The summed E-state index contributed by atoms with van der Waals surface area (Å²) in [7, 11) is 0. The third kappa shape index (κ3) is 2.75. The van der Waals surface area contributed by atoms with Crippen LogP contribution in [-0.2, 0) is 6.42 Å². The van der Waals surface area contributed by atoms with Crippen molar-refractivity contribution in [3.8, 4) is 5.69 Å². The van der Waals surface area contributed by atoms with Crippen molar-refractivity contribution >= 4 is 22.4 Å². The molecule has 0 saturated carbocycles. The number of thiazole rings is 1. The first kappa shape index (κ1) is 14.4. The van der Waals surface area contributed by atoms with Gasteiger partial charge in [-0.25, -0.2) is 9.67 Å². The van der Waals surface area contributed by atoms with E-state index in [1.165, 1.54) is 16.9 Å². The van der Waals surface area contributed by atoms with Gasteiger partial charge in [-0.05, 0) is 31.0 Å². The van der Waals surface area contributed by atoms with Crippen LogP contribution in [0.5, 0.6) is 0 Å². The van der Waals surface area contributed by atoms with E-state index in [0.717, 1.165) is 12.1 Å². The molecule has 0 saturated heterocycles. The van der Waals surface area contributed by atoms with E-state index in [-0.39, 0.29) is 5.91 Å². The number of amides is 1. The Hall–Kier alpha value is -2.54. The van der Waals surface area contributed by atoms with Crippen molar-refractivity contribution in [1.82, 2.24) is 20.0 Å². The quantitative estimate of drug-likeness (QED) is 0.804. The highest BCUT2D eigenvalue weighted by Gasteiger charge is 2.18. The van der Waals surface area contributed by atoms with E-state index < -0.39 is 0 Å². The first-order valence-electron chi connectivity index (χ1n) is 6.91. The van der Waals surface area contributed by atoms with Gasteiger partial charge in [0.2, 0.25) is 0 Å². The number of hydrogen-bond donors (Lipinski definition) is 1. The Kier molecular flexibility index (Phi) is 3.97. The first-order valence-corrected chi connectivity index (χ1v) is 7.79. The fraction of sp³-hybridized carbons (Fsp3) is 0.200. The predicted molar refractivity (Wildman–Crippen MR) is 85.5 cm³/mol. The van der Waals surface area contributed by atoms with E-state index >= 15 is 0 Å². The van der Waals surface area contributed by atoms with E-state index in [1.54, 1.807) is 16.3 Å². The second kappa shape index (κ2) is 6.07. The van der Waals surface area contributed by atoms with Gasteiger partial charge in [0.25, 0.3) is 5.91 Å².